The maximum atomic E-state index is 12.0. The van der Waals surface area contributed by atoms with Gasteiger partial charge in [0.1, 0.15) is 0 Å². The highest BCUT2D eigenvalue weighted by Gasteiger charge is 2.08. The third kappa shape index (κ3) is 4.56. The number of rotatable bonds is 4. The smallest absolute Gasteiger partial charge is 0.234 e. The zero-order valence-corrected chi connectivity index (χ0v) is 13.6. The van der Waals surface area contributed by atoms with Gasteiger partial charge in [-0.3, -0.25) is 4.79 Å². The van der Waals surface area contributed by atoms with Crippen LogP contribution in [-0.2, 0) is 4.79 Å². The molecule has 0 saturated carbocycles. The number of anilines is 2. The lowest BCUT2D eigenvalue weighted by Gasteiger charge is -2.09. The number of nitrogens with one attached hydrogen (secondary N) is 1. The van der Waals surface area contributed by atoms with Gasteiger partial charge in [-0.1, -0.05) is 29.3 Å². The first-order valence-electron chi connectivity index (χ1n) is 6.19. The molecule has 0 atom stereocenters. The van der Waals surface area contributed by atoms with Crippen LogP contribution >= 0.6 is 35.0 Å². The minimum Gasteiger partial charge on any atom is -0.397 e. The normalized spacial score (nSPS) is 10.4. The summed E-state index contributed by atoms with van der Waals surface area (Å²) in [6.07, 6.45) is 0. The van der Waals surface area contributed by atoms with Crippen LogP contribution in [0.1, 0.15) is 5.56 Å². The molecule has 2 aromatic carbocycles. The lowest BCUT2D eigenvalue weighted by molar-refractivity contribution is -0.113. The quantitative estimate of drug-likeness (QED) is 0.630. The lowest BCUT2D eigenvalue weighted by Crippen LogP contribution is -2.15. The van der Waals surface area contributed by atoms with Gasteiger partial charge in [-0.15, -0.1) is 11.8 Å². The monoisotopic (exact) mass is 340 g/mol. The number of carbonyl (C=O) groups excluding carboxylic acids is 1. The van der Waals surface area contributed by atoms with Gasteiger partial charge in [0, 0.05) is 9.92 Å². The van der Waals surface area contributed by atoms with Gasteiger partial charge in [-0.25, -0.2) is 0 Å². The first-order chi connectivity index (χ1) is 9.95. The Balaban J connectivity index is 1.97. The molecule has 0 bridgehead atoms. The summed E-state index contributed by atoms with van der Waals surface area (Å²) in [5.41, 5.74) is 8.07. The maximum Gasteiger partial charge on any atom is 0.234 e. The first-order valence-corrected chi connectivity index (χ1v) is 7.93. The van der Waals surface area contributed by atoms with Gasteiger partial charge in [-0.2, -0.15) is 0 Å². The van der Waals surface area contributed by atoms with Crippen LogP contribution in [-0.4, -0.2) is 11.7 Å². The molecule has 2 aromatic rings. The van der Waals surface area contributed by atoms with Crippen molar-refractivity contribution in [2.45, 2.75) is 11.8 Å². The number of carbonyl (C=O) groups is 1. The minimum atomic E-state index is -0.147. The number of thioether (sulfide) groups is 1. The molecular weight excluding hydrogens is 327 g/mol. The fourth-order valence-electron chi connectivity index (χ4n) is 1.71. The highest BCUT2D eigenvalue weighted by atomic mass is 35.5. The van der Waals surface area contributed by atoms with Crippen molar-refractivity contribution in [3.05, 3.63) is 52.0 Å². The van der Waals surface area contributed by atoms with E-state index in [1.807, 2.05) is 19.1 Å². The molecule has 0 heterocycles. The number of benzene rings is 2. The molecule has 21 heavy (non-hydrogen) atoms. The van der Waals surface area contributed by atoms with E-state index in [-0.39, 0.29) is 11.7 Å². The van der Waals surface area contributed by atoms with E-state index >= 15 is 0 Å². The van der Waals surface area contributed by atoms with Crippen molar-refractivity contribution >= 4 is 52.2 Å². The van der Waals surface area contributed by atoms with Gasteiger partial charge >= 0.3 is 0 Å². The first kappa shape index (κ1) is 16.0. The summed E-state index contributed by atoms with van der Waals surface area (Å²) in [5, 5.41) is 3.94. The Bertz CT molecular complexity index is 677. The van der Waals surface area contributed by atoms with Crippen LogP contribution in [0.2, 0.25) is 10.0 Å². The minimum absolute atomic E-state index is 0.147. The summed E-state index contributed by atoms with van der Waals surface area (Å²) in [5.74, 6) is 0.0829. The summed E-state index contributed by atoms with van der Waals surface area (Å²) in [6, 6.07) is 10.7. The van der Waals surface area contributed by atoms with Crippen molar-refractivity contribution < 1.29 is 4.79 Å². The van der Waals surface area contributed by atoms with Crippen molar-refractivity contribution in [1.29, 1.82) is 0 Å². The van der Waals surface area contributed by atoms with Crippen molar-refractivity contribution in [2.24, 2.45) is 0 Å². The van der Waals surface area contributed by atoms with Gasteiger partial charge in [-0.05, 0) is 42.8 Å². The second-order valence-electron chi connectivity index (χ2n) is 4.50. The van der Waals surface area contributed by atoms with Crippen LogP contribution in [0.15, 0.2) is 41.3 Å². The molecule has 0 unspecified atom stereocenters. The molecule has 0 spiro atoms. The summed E-state index contributed by atoms with van der Waals surface area (Å²) in [6.45, 7) is 1.94. The van der Waals surface area contributed by atoms with Crippen molar-refractivity contribution in [1.82, 2.24) is 0 Å². The Labute approximate surface area is 137 Å². The molecule has 1 amide bonds. The molecule has 3 nitrogen and oxygen atoms in total. The molecule has 0 fully saturated rings. The third-order valence-electron chi connectivity index (χ3n) is 2.73. The zero-order chi connectivity index (χ0) is 15.4. The molecule has 3 N–H and O–H groups in total. The summed E-state index contributed by atoms with van der Waals surface area (Å²) < 4.78 is 0. The van der Waals surface area contributed by atoms with Gasteiger partial charge in [0.05, 0.1) is 22.2 Å². The number of nitrogens with two attached hydrogens (primary N) is 1. The molecule has 0 aliphatic carbocycles. The van der Waals surface area contributed by atoms with Crippen molar-refractivity contribution in [3.8, 4) is 0 Å². The van der Waals surface area contributed by atoms with Gasteiger partial charge in [0.2, 0.25) is 5.91 Å². The number of amides is 1. The Morgan fingerprint density at radius 1 is 1.24 bits per heavy atom. The van der Waals surface area contributed by atoms with E-state index < -0.39 is 0 Å². The molecular formula is C15H14Cl2N2OS. The van der Waals surface area contributed by atoms with Crippen LogP contribution in [0.25, 0.3) is 0 Å². The van der Waals surface area contributed by atoms with Gasteiger partial charge in [0.15, 0.2) is 0 Å². The fourth-order valence-corrected chi connectivity index (χ4v) is 3.01. The molecule has 0 aliphatic rings. The standard InChI is InChI=1S/C15H14Cl2N2OS/c1-9-2-5-13(12(18)6-9)19-15(20)8-21-14-7-10(16)3-4-11(14)17/h2-7H,8,18H2,1H3,(H,19,20). The van der Waals surface area contributed by atoms with E-state index in [2.05, 4.69) is 5.32 Å². The van der Waals surface area contributed by atoms with Crippen LogP contribution in [0.3, 0.4) is 0 Å². The topological polar surface area (TPSA) is 55.1 Å². The average molecular weight is 341 g/mol. The average Bonchev–Trinajstić information content (AvgIpc) is 2.43. The summed E-state index contributed by atoms with van der Waals surface area (Å²) in [4.78, 5) is 12.7. The predicted molar refractivity (Wildman–Crippen MR) is 91.4 cm³/mol. The lowest BCUT2D eigenvalue weighted by atomic mass is 10.2. The Morgan fingerprint density at radius 3 is 2.71 bits per heavy atom. The molecule has 110 valence electrons. The van der Waals surface area contributed by atoms with Crippen molar-refractivity contribution in [2.75, 3.05) is 16.8 Å². The molecule has 0 radical (unpaired) electrons. The van der Waals surface area contributed by atoms with E-state index in [0.717, 1.165) is 10.5 Å². The van der Waals surface area contributed by atoms with E-state index in [1.165, 1.54) is 11.8 Å². The predicted octanol–water partition coefficient (Wildman–Crippen LogP) is 4.61. The van der Waals surface area contributed by atoms with Crippen LogP contribution in [0.5, 0.6) is 0 Å². The van der Waals surface area contributed by atoms with Gasteiger partial charge in [0.25, 0.3) is 0 Å². The second kappa shape index (κ2) is 7.07. The third-order valence-corrected chi connectivity index (χ3v) is 4.47. The summed E-state index contributed by atoms with van der Waals surface area (Å²) >= 11 is 13.3. The fraction of sp³-hybridized carbons (Fsp3) is 0.133. The van der Waals surface area contributed by atoms with Crippen LogP contribution < -0.4 is 11.1 Å². The van der Waals surface area contributed by atoms with E-state index in [0.29, 0.717) is 21.4 Å². The van der Waals surface area contributed by atoms with E-state index in [4.69, 9.17) is 28.9 Å². The van der Waals surface area contributed by atoms with Gasteiger partial charge < -0.3 is 11.1 Å². The maximum absolute atomic E-state index is 12.0. The molecule has 0 saturated heterocycles. The van der Waals surface area contributed by atoms with E-state index in [1.54, 1.807) is 24.3 Å². The van der Waals surface area contributed by atoms with Crippen LogP contribution in [0.4, 0.5) is 11.4 Å². The summed E-state index contributed by atoms with van der Waals surface area (Å²) in [7, 11) is 0. The Kier molecular flexibility index (Phi) is 5.39. The Hall–Kier alpha value is -1.36. The molecule has 6 heteroatoms. The molecule has 2 rings (SSSR count). The largest absolute Gasteiger partial charge is 0.397 e. The Morgan fingerprint density at radius 2 is 2.00 bits per heavy atom. The molecule has 0 aliphatic heterocycles. The highest BCUT2D eigenvalue weighted by molar-refractivity contribution is 8.00. The number of aryl methyl sites for hydroxylation is 1. The molecule has 0 aromatic heterocycles. The number of hydrogen-bond acceptors (Lipinski definition) is 3. The van der Waals surface area contributed by atoms with Crippen LogP contribution in [0, 0.1) is 6.92 Å². The number of halogens is 2. The van der Waals surface area contributed by atoms with Crippen molar-refractivity contribution in [3.63, 3.8) is 0 Å². The SMILES string of the molecule is Cc1ccc(NC(=O)CSc2cc(Cl)ccc2Cl)c(N)c1. The second-order valence-corrected chi connectivity index (χ2v) is 6.36. The van der Waals surface area contributed by atoms with E-state index in [9.17, 15) is 4.79 Å². The highest BCUT2D eigenvalue weighted by Crippen LogP contribution is 2.30. The zero-order valence-electron chi connectivity index (χ0n) is 11.3. The number of hydrogen-bond donors (Lipinski definition) is 2. The number of nitrogen functional groups attached to an aromatic ring is 1.